The molecular formula is C16H17F3N4O3. The Kier molecular flexibility index (Phi) is 6.48. The van der Waals surface area contributed by atoms with Gasteiger partial charge in [-0.1, -0.05) is 12.1 Å². The molecule has 1 heterocycles. The minimum absolute atomic E-state index is 0.146. The van der Waals surface area contributed by atoms with Gasteiger partial charge in [0.2, 0.25) is 0 Å². The molecule has 0 atom stereocenters. The van der Waals surface area contributed by atoms with Crippen LogP contribution in [0.25, 0.3) is 0 Å². The first kappa shape index (κ1) is 19.2. The lowest BCUT2D eigenvalue weighted by atomic mass is 10.2. The summed E-state index contributed by atoms with van der Waals surface area (Å²) in [5.74, 6) is -0.283. The highest BCUT2D eigenvalue weighted by atomic mass is 19.4. The van der Waals surface area contributed by atoms with Gasteiger partial charge in [0.15, 0.2) is 11.7 Å². The molecule has 0 spiro atoms. The minimum atomic E-state index is -4.72. The molecule has 0 unspecified atom stereocenters. The lowest BCUT2D eigenvalue weighted by Crippen LogP contribution is -2.38. The van der Waals surface area contributed by atoms with E-state index in [2.05, 4.69) is 20.4 Å². The van der Waals surface area contributed by atoms with Crippen molar-refractivity contribution in [3.05, 3.63) is 54.0 Å². The molecular weight excluding hydrogens is 353 g/mol. The number of carbonyl (C=O) groups is 1. The fourth-order valence-corrected chi connectivity index (χ4v) is 1.89. The summed E-state index contributed by atoms with van der Waals surface area (Å²) in [5, 5.41) is 5.43. The van der Waals surface area contributed by atoms with Gasteiger partial charge in [0.25, 0.3) is 5.91 Å². The van der Waals surface area contributed by atoms with Crippen molar-refractivity contribution >= 4 is 11.9 Å². The lowest BCUT2D eigenvalue weighted by Gasteiger charge is -2.09. The summed E-state index contributed by atoms with van der Waals surface area (Å²) in [4.78, 5) is 15.7. The quantitative estimate of drug-likeness (QED) is 0.393. The zero-order chi connectivity index (χ0) is 19.0. The summed E-state index contributed by atoms with van der Waals surface area (Å²) in [6, 6.07) is 8.48. The van der Waals surface area contributed by atoms with Crippen LogP contribution < -0.4 is 21.1 Å². The lowest BCUT2D eigenvalue weighted by molar-refractivity contribution is -0.274. The van der Waals surface area contributed by atoms with Crippen LogP contribution in [-0.2, 0) is 6.54 Å². The molecule has 0 saturated carbocycles. The monoisotopic (exact) mass is 370 g/mol. The van der Waals surface area contributed by atoms with Crippen LogP contribution in [0.3, 0.4) is 0 Å². The molecule has 1 amide bonds. The average Bonchev–Trinajstić information content (AvgIpc) is 3.11. The number of nitrogens with two attached hydrogens (primary N) is 1. The topological polar surface area (TPSA) is 102 Å². The first-order valence-corrected chi connectivity index (χ1v) is 7.54. The Morgan fingerprint density at radius 1 is 1.15 bits per heavy atom. The third-order valence-corrected chi connectivity index (χ3v) is 3.05. The zero-order valence-corrected chi connectivity index (χ0v) is 13.5. The maximum absolute atomic E-state index is 12.1. The summed E-state index contributed by atoms with van der Waals surface area (Å²) in [5.41, 5.74) is 6.34. The SMILES string of the molecule is NC(=NCc1ccc(OC(F)(F)F)cc1)NCCNC(=O)c1ccco1. The summed E-state index contributed by atoms with van der Waals surface area (Å²) >= 11 is 0. The van der Waals surface area contributed by atoms with E-state index in [0.29, 0.717) is 18.7 Å². The van der Waals surface area contributed by atoms with Crippen molar-refractivity contribution in [3.63, 3.8) is 0 Å². The van der Waals surface area contributed by atoms with Crippen molar-refractivity contribution in [2.24, 2.45) is 10.7 Å². The van der Waals surface area contributed by atoms with Gasteiger partial charge in [0, 0.05) is 13.1 Å². The molecule has 0 radical (unpaired) electrons. The molecule has 7 nitrogen and oxygen atoms in total. The second-order valence-corrected chi connectivity index (χ2v) is 5.05. The number of nitrogens with one attached hydrogen (secondary N) is 2. The molecule has 2 rings (SSSR count). The minimum Gasteiger partial charge on any atom is -0.459 e. The van der Waals surface area contributed by atoms with Crippen LogP contribution >= 0.6 is 0 Å². The molecule has 26 heavy (non-hydrogen) atoms. The number of amides is 1. The van der Waals surface area contributed by atoms with Crippen molar-refractivity contribution in [3.8, 4) is 5.75 Å². The van der Waals surface area contributed by atoms with Gasteiger partial charge >= 0.3 is 6.36 Å². The summed E-state index contributed by atoms with van der Waals surface area (Å²) in [6.45, 7) is 0.837. The fourth-order valence-electron chi connectivity index (χ4n) is 1.89. The van der Waals surface area contributed by atoms with Gasteiger partial charge in [0.1, 0.15) is 5.75 Å². The van der Waals surface area contributed by atoms with E-state index in [-0.39, 0.29) is 29.9 Å². The summed E-state index contributed by atoms with van der Waals surface area (Å²) < 4.78 is 44.9. The second-order valence-electron chi connectivity index (χ2n) is 5.05. The van der Waals surface area contributed by atoms with Gasteiger partial charge < -0.3 is 25.5 Å². The maximum atomic E-state index is 12.1. The molecule has 0 fully saturated rings. The van der Waals surface area contributed by atoms with Gasteiger partial charge in [-0.3, -0.25) is 4.79 Å². The Bertz CT molecular complexity index is 728. The number of ether oxygens (including phenoxy) is 1. The van der Waals surface area contributed by atoms with Gasteiger partial charge in [0.05, 0.1) is 12.8 Å². The highest BCUT2D eigenvalue weighted by Crippen LogP contribution is 2.22. The number of hydrogen-bond acceptors (Lipinski definition) is 4. The Hall–Kier alpha value is -3.17. The third kappa shape index (κ3) is 6.75. The first-order valence-electron chi connectivity index (χ1n) is 7.54. The zero-order valence-electron chi connectivity index (χ0n) is 13.5. The molecule has 10 heteroatoms. The molecule has 0 saturated heterocycles. The maximum Gasteiger partial charge on any atom is 0.573 e. The molecule has 140 valence electrons. The number of carbonyl (C=O) groups excluding carboxylic acids is 1. The van der Waals surface area contributed by atoms with E-state index >= 15 is 0 Å². The van der Waals surface area contributed by atoms with Crippen molar-refractivity contribution in [1.82, 2.24) is 10.6 Å². The van der Waals surface area contributed by atoms with E-state index in [4.69, 9.17) is 10.2 Å². The Morgan fingerprint density at radius 2 is 1.85 bits per heavy atom. The van der Waals surface area contributed by atoms with Gasteiger partial charge in [-0.25, -0.2) is 4.99 Å². The Morgan fingerprint density at radius 3 is 2.46 bits per heavy atom. The number of rotatable bonds is 7. The standard InChI is InChI=1S/C16H17F3N4O3/c17-16(18,19)26-12-5-3-11(4-6-12)10-23-15(20)22-8-7-21-14(24)13-2-1-9-25-13/h1-6,9H,7-8,10H2,(H,21,24)(H3,20,22,23). The van der Waals surface area contributed by atoms with E-state index in [1.807, 2.05) is 0 Å². The molecule has 1 aromatic carbocycles. The number of guanidine groups is 1. The van der Waals surface area contributed by atoms with Gasteiger partial charge in [-0.15, -0.1) is 13.2 Å². The number of aliphatic imine (C=N–C) groups is 1. The smallest absolute Gasteiger partial charge is 0.459 e. The van der Waals surface area contributed by atoms with Crippen LogP contribution in [0.15, 0.2) is 52.1 Å². The molecule has 1 aromatic heterocycles. The molecule has 0 aliphatic carbocycles. The summed E-state index contributed by atoms with van der Waals surface area (Å²) in [6.07, 6.45) is -3.32. The molecule has 4 N–H and O–H groups in total. The molecule has 2 aromatic rings. The number of furan rings is 1. The average molecular weight is 370 g/mol. The van der Waals surface area contributed by atoms with Crippen molar-refractivity contribution < 1.29 is 27.1 Å². The second kappa shape index (κ2) is 8.79. The van der Waals surface area contributed by atoms with Gasteiger partial charge in [-0.05, 0) is 29.8 Å². The van der Waals surface area contributed by atoms with E-state index < -0.39 is 6.36 Å². The van der Waals surface area contributed by atoms with Crippen LogP contribution in [0.4, 0.5) is 13.2 Å². The number of hydrogen-bond donors (Lipinski definition) is 3. The van der Waals surface area contributed by atoms with E-state index in [0.717, 1.165) is 0 Å². The van der Waals surface area contributed by atoms with Crippen LogP contribution in [0.5, 0.6) is 5.75 Å². The third-order valence-electron chi connectivity index (χ3n) is 3.05. The van der Waals surface area contributed by atoms with E-state index in [1.165, 1.54) is 30.5 Å². The predicted octanol–water partition coefficient (Wildman–Crippen LogP) is 2.01. The number of halogens is 3. The highest BCUT2D eigenvalue weighted by molar-refractivity contribution is 5.91. The number of benzene rings is 1. The largest absolute Gasteiger partial charge is 0.573 e. The fraction of sp³-hybridized carbons (Fsp3) is 0.250. The number of nitrogens with zero attached hydrogens (tertiary/aromatic N) is 1. The highest BCUT2D eigenvalue weighted by Gasteiger charge is 2.30. The predicted molar refractivity (Wildman–Crippen MR) is 87.5 cm³/mol. The Labute approximate surface area is 147 Å². The van der Waals surface area contributed by atoms with Crippen molar-refractivity contribution in [2.45, 2.75) is 12.9 Å². The van der Waals surface area contributed by atoms with E-state index in [1.54, 1.807) is 12.1 Å². The van der Waals surface area contributed by atoms with Crippen LogP contribution in [0.1, 0.15) is 16.1 Å². The number of alkyl halides is 3. The molecule has 0 aliphatic heterocycles. The van der Waals surface area contributed by atoms with Crippen LogP contribution in [0.2, 0.25) is 0 Å². The van der Waals surface area contributed by atoms with Crippen molar-refractivity contribution in [1.29, 1.82) is 0 Å². The normalized spacial score (nSPS) is 11.9. The van der Waals surface area contributed by atoms with E-state index in [9.17, 15) is 18.0 Å². The first-order chi connectivity index (χ1) is 12.3. The Balaban J connectivity index is 1.70. The van der Waals surface area contributed by atoms with Crippen molar-refractivity contribution in [2.75, 3.05) is 13.1 Å². The summed E-state index contributed by atoms with van der Waals surface area (Å²) in [7, 11) is 0. The van der Waals surface area contributed by atoms with Crippen LogP contribution in [0, 0.1) is 0 Å². The van der Waals surface area contributed by atoms with Gasteiger partial charge in [-0.2, -0.15) is 0 Å². The molecule has 0 aliphatic rings. The van der Waals surface area contributed by atoms with Crippen LogP contribution in [-0.4, -0.2) is 31.3 Å². The molecule has 0 bridgehead atoms.